The van der Waals surface area contributed by atoms with Crippen LogP contribution in [0.5, 0.6) is 0 Å². The fourth-order valence-electron chi connectivity index (χ4n) is 1.48. The lowest BCUT2D eigenvalue weighted by Crippen LogP contribution is -1.99. The summed E-state index contributed by atoms with van der Waals surface area (Å²) in [5.41, 5.74) is 2.75. The van der Waals surface area contributed by atoms with Gasteiger partial charge in [0.2, 0.25) is 0 Å². The van der Waals surface area contributed by atoms with Crippen LogP contribution in [0.15, 0.2) is 48.8 Å². The maximum absolute atomic E-state index is 11.5. The summed E-state index contributed by atoms with van der Waals surface area (Å²) in [7, 11) is 0. The molecule has 0 N–H and O–H groups in total. The minimum Gasteiger partial charge on any atom is -0.293 e. The maximum atomic E-state index is 11.5. The number of alkyl halides is 1. The number of hydrogen-bond acceptors (Lipinski definition) is 2. The van der Waals surface area contributed by atoms with Crippen molar-refractivity contribution in [2.24, 2.45) is 0 Å². The Labute approximate surface area is 102 Å². The quantitative estimate of drug-likeness (QED) is 0.635. The van der Waals surface area contributed by atoms with Crippen molar-refractivity contribution in [3.63, 3.8) is 0 Å². The normalized spacial score (nSPS) is 10.1. The van der Waals surface area contributed by atoms with Crippen LogP contribution in [-0.2, 0) is 0 Å². The van der Waals surface area contributed by atoms with Gasteiger partial charge in [-0.05, 0) is 17.7 Å². The zero-order chi connectivity index (χ0) is 11.4. The molecule has 1 heterocycles. The van der Waals surface area contributed by atoms with Crippen LogP contribution in [0, 0.1) is 0 Å². The van der Waals surface area contributed by atoms with E-state index in [1.807, 2.05) is 36.4 Å². The molecule has 0 bridgehead atoms. The summed E-state index contributed by atoms with van der Waals surface area (Å²) in [4.78, 5) is 15.6. The van der Waals surface area contributed by atoms with Crippen LogP contribution in [0.2, 0.25) is 0 Å². The summed E-state index contributed by atoms with van der Waals surface area (Å²) in [6.07, 6.45) is 3.52. The predicted molar refractivity (Wildman–Crippen MR) is 67.8 cm³/mol. The highest BCUT2D eigenvalue weighted by Gasteiger charge is 2.05. The van der Waals surface area contributed by atoms with Crippen LogP contribution >= 0.6 is 15.9 Å². The summed E-state index contributed by atoms with van der Waals surface area (Å²) >= 11 is 3.17. The van der Waals surface area contributed by atoms with Crippen LogP contribution in [0.25, 0.3) is 11.1 Å². The smallest absolute Gasteiger partial charge is 0.173 e. The van der Waals surface area contributed by atoms with Crippen molar-refractivity contribution in [3.8, 4) is 11.1 Å². The first-order chi connectivity index (χ1) is 7.81. The molecule has 0 aliphatic heterocycles. The van der Waals surface area contributed by atoms with E-state index in [9.17, 15) is 4.79 Å². The number of ketones is 1. The van der Waals surface area contributed by atoms with E-state index in [0.29, 0.717) is 5.33 Å². The van der Waals surface area contributed by atoms with Crippen molar-refractivity contribution in [2.75, 3.05) is 5.33 Å². The molecule has 0 saturated heterocycles. The van der Waals surface area contributed by atoms with Crippen LogP contribution < -0.4 is 0 Å². The Morgan fingerprint density at radius 2 is 2.00 bits per heavy atom. The Morgan fingerprint density at radius 1 is 1.19 bits per heavy atom. The van der Waals surface area contributed by atoms with Crippen LogP contribution in [0.1, 0.15) is 10.4 Å². The predicted octanol–water partition coefficient (Wildman–Crippen LogP) is 3.33. The molecule has 0 radical (unpaired) electrons. The Kier molecular flexibility index (Phi) is 3.47. The summed E-state index contributed by atoms with van der Waals surface area (Å²) in [6, 6.07) is 11.4. The summed E-state index contributed by atoms with van der Waals surface area (Å²) < 4.78 is 0. The molecule has 0 spiro atoms. The molecule has 0 fully saturated rings. The van der Waals surface area contributed by atoms with Gasteiger partial charge in [-0.1, -0.05) is 40.2 Å². The monoisotopic (exact) mass is 275 g/mol. The fraction of sp³-hybridized carbons (Fsp3) is 0.0769. The molecular weight excluding hydrogens is 266 g/mol. The highest BCUT2D eigenvalue weighted by molar-refractivity contribution is 9.09. The van der Waals surface area contributed by atoms with Crippen molar-refractivity contribution in [2.45, 2.75) is 0 Å². The van der Waals surface area contributed by atoms with Crippen molar-refractivity contribution < 1.29 is 4.79 Å². The van der Waals surface area contributed by atoms with Crippen molar-refractivity contribution >= 4 is 21.7 Å². The average molecular weight is 276 g/mol. The number of carbonyl (C=O) groups is 1. The summed E-state index contributed by atoms with van der Waals surface area (Å²) in [6.45, 7) is 0. The molecule has 0 atom stereocenters. The topological polar surface area (TPSA) is 30.0 Å². The number of nitrogens with zero attached hydrogens (tertiary/aromatic N) is 1. The van der Waals surface area contributed by atoms with E-state index in [0.717, 1.165) is 16.7 Å². The zero-order valence-electron chi connectivity index (χ0n) is 8.56. The zero-order valence-corrected chi connectivity index (χ0v) is 10.1. The van der Waals surface area contributed by atoms with Gasteiger partial charge in [-0.15, -0.1) is 0 Å². The Morgan fingerprint density at radius 3 is 2.69 bits per heavy atom. The molecule has 1 aromatic heterocycles. The van der Waals surface area contributed by atoms with Crippen molar-refractivity contribution in [1.82, 2.24) is 4.98 Å². The van der Waals surface area contributed by atoms with E-state index in [-0.39, 0.29) is 5.78 Å². The van der Waals surface area contributed by atoms with Crippen molar-refractivity contribution in [3.05, 3.63) is 54.4 Å². The molecule has 2 aromatic rings. The average Bonchev–Trinajstić information content (AvgIpc) is 2.39. The molecule has 0 amide bonds. The standard InChI is InChI=1S/C13H10BrNO/c14-8-13(16)11-4-1-3-10(7-11)12-5-2-6-15-9-12/h1-7,9H,8H2. The molecule has 2 nitrogen and oxygen atoms in total. The number of pyridine rings is 1. The summed E-state index contributed by atoms with van der Waals surface area (Å²) in [5.74, 6) is 0.0886. The first-order valence-electron chi connectivity index (χ1n) is 4.91. The number of Topliss-reactive ketones (excluding diaryl/α,β-unsaturated/α-hetero) is 1. The second-order valence-corrected chi connectivity index (χ2v) is 3.94. The van der Waals surface area contributed by atoms with Crippen LogP contribution in [-0.4, -0.2) is 16.1 Å². The van der Waals surface area contributed by atoms with E-state index in [2.05, 4.69) is 20.9 Å². The molecule has 16 heavy (non-hydrogen) atoms. The number of benzene rings is 1. The maximum Gasteiger partial charge on any atom is 0.173 e. The lowest BCUT2D eigenvalue weighted by atomic mass is 10.0. The summed E-state index contributed by atoms with van der Waals surface area (Å²) in [5, 5.41) is 0.351. The second kappa shape index (κ2) is 5.03. The molecular formula is C13H10BrNO. The van der Waals surface area contributed by atoms with Gasteiger partial charge in [0.15, 0.2) is 5.78 Å². The first kappa shape index (κ1) is 11.0. The Balaban J connectivity index is 2.40. The fourth-order valence-corrected chi connectivity index (χ4v) is 1.81. The van der Waals surface area contributed by atoms with E-state index < -0.39 is 0 Å². The number of rotatable bonds is 3. The first-order valence-corrected chi connectivity index (χ1v) is 6.03. The molecule has 0 aliphatic rings. The van der Waals surface area contributed by atoms with Crippen LogP contribution in [0.4, 0.5) is 0 Å². The van der Waals surface area contributed by atoms with E-state index in [1.54, 1.807) is 12.4 Å². The third-order valence-electron chi connectivity index (χ3n) is 2.30. The minimum atomic E-state index is 0.0886. The lowest BCUT2D eigenvalue weighted by Gasteiger charge is -2.03. The van der Waals surface area contributed by atoms with E-state index in [1.165, 1.54) is 0 Å². The van der Waals surface area contributed by atoms with Gasteiger partial charge in [0.1, 0.15) is 0 Å². The van der Waals surface area contributed by atoms with Gasteiger partial charge in [-0.25, -0.2) is 0 Å². The molecule has 0 aliphatic carbocycles. The largest absolute Gasteiger partial charge is 0.293 e. The third kappa shape index (κ3) is 2.36. The van der Waals surface area contributed by atoms with Gasteiger partial charge in [-0.3, -0.25) is 9.78 Å². The highest BCUT2D eigenvalue weighted by Crippen LogP contribution is 2.19. The molecule has 3 heteroatoms. The highest BCUT2D eigenvalue weighted by atomic mass is 79.9. The molecule has 80 valence electrons. The third-order valence-corrected chi connectivity index (χ3v) is 2.81. The van der Waals surface area contributed by atoms with E-state index in [4.69, 9.17) is 0 Å². The van der Waals surface area contributed by atoms with Gasteiger partial charge < -0.3 is 0 Å². The van der Waals surface area contributed by atoms with Gasteiger partial charge in [0, 0.05) is 23.5 Å². The number of halogens is 1. The van der Waals surface area contributed by atoms with Gasteiger partial charge in [0.25, 0.3) is 0 Å². The number of carbonyl (C=O) groups excluding carboxylic acids is 1. The molecule has 2 rings (SSSR count). The number of hydrogen-bond donors (Lipinski definition) is 0. The van der Waals surface area contributed by atoms with Gasteiger partial charge >= 0.3 is 0 Å². The van der Waals surface area contributed by atoms with Gasteiger partial charge in [0.05, 0.1) is 5.33 Å². The SMILES string of the molecule is O=C(CBr)c1cccc(-c2cccnc2)c1. The number of aromatic nitrogens is 1. The van der Waals surface area contributed by atoms with E-state index >= 15 is 0 Å². The molecule has 0 saturated carbocycles. The second-order valence-electron chi connectivity index (χ2n) is 3.38. The van der Waals surface area contributed by atoms with Gasteiger partial charge in [-0.2, -0.15) is 0 Å². The Bertz CT molecular complexity index is 496. The van der Waals surface area contributed by atoms with Crippen molar-refractivity contribution in [1.29, 1.82) is 0 Å². The minimum absolute atomic E-state index is 0.0886. The molecule has 1 aromatic carbocycles. The molecule has 0 unspecified atom stereocenters. The lowest BCUT2D eigenvalue weighted by molar-refractivity contribution is 0.102. The van der Waals surface area contributed by atoms with Crippen LogP contribution in [0.3, 0.4) is 0 Å². The Hall–Kier alpha value is -1.48.